The number of nitrogens with one attached hydrogen (secondary N) is 1. The van der Waals surface area contributed by atoms with Crippen LogP contribution in [-0.2, 0) is 0 Å². The highest BCUT2D eigenvalue weighted by Crippen LogP contribution is 2.21. The van der Waals surface area contributed by atoms with Crippen molar-refractivity contribution in [3.8, 4) is 0 Å². The van der Waals surface area contributed by atoms with Gasteiger partial charge in [0.15, 0.2) is 0 Å². The maximum absolute atomic E-state index is 13.6. The number of hydrogen-bond donors (Lipinski definition) is 1. The summed E-state index contributed by atoms with van der Waals surface area (Å²) in [4.78, 5) is 15.7. The molecule has 3 nitrogen and oxygen atoms in total. The molecule has 0 radical (unpaired) electrons. The van der Waals surface area contributed by atoms with Crippen molar-refractivity contribution in [3.05, 3.63) is 58.6 Å². The number of aromatic nitrogens is 1. The van der Waals surface area contributed by atoms with Crippen LogP contribution in [-0.4, -0.2) is 10.9 Å². The van der Waals surface area contributed by atoms with Crippen LogP contribution in [0.3, 0.4) is 0 Å². The normalized spacial score (nSPS) is 10.2. The van der Waals surface area contributed by atoms with E-state index in [0.29, 0.717) is 5.56 Å². The molecule has 1 aromatic heterocycles. The Morgan fingerprint density at radius 3 is 2.78 bits per heavy atom. The molecule has 0 spiro atoms. The lowest BCUT2D eigenvalue weighted by atomic mass is 10.2. The Labute approximate surface area is 109 Å². The molecule has 5 heteroatoms. The van der Waals surface area contributed by atoms with Crippen LogP contribution >= 0.6 is 11.6 Å². The van der Waals surface area contributed by atoms with E-state index in [-0.39, 0.29) is 16.4 Å². The van der Waals surface area contributed by atoms with E-state index in [1.807, 2.05) is 0 Å². The first kappa shape index (κ1) is 12.5. The molecule has 92 valence electrons. The quantitative estimate of drug-likeness (QED) is 0.845. The van der Waals surface area contributed by atoms with E-state index in [1.54, 1.807) is 25.1 Å². The van der Waals surface area contributed by atoms with Gasteiger partial charge in [0, 0.05) is 6.20 Å². The molecule has 1 aromatic carbocycles. The number of anilines is 1. The van der Waals surface area contributed by atoms with E-state index in [2.05, 4.69) is 10.3 Å². The molecule has 0 bridgehead atoms. The number of benzene rings is 1. The van der Waals surface area contributed by atoms with Crippen molar-refractivity contribution in [2.45, 2.75) is 6.92 Å². The lowest BCUT2D eigenvalue weighted by Gasteiger charge is -2.09. The number of rotatable bonds is 2. The Balaban J connectivity index is 2.30. The van der Waals surface area contributed by atoms with Gasteiger partial charge in [0.1, 0.15) is 11.0 Å². The Bertz CT molecular complexity index is 581. The van der Waals surface area contributed by atoms with Gasteiger partial charge in [-0.2, -0.15) is 0 Å². The Morgan fingerprint density at radius 1 is 1.33 bits per heavy atom. The highest BCUT2D eigenvalue weighted by atomic mass is 35.5. The highest BCUT2D eigenvalue weighted by Gasteiger charge is 2.14. The van der Waals surface area contributed by atoms with Crippen LogP contribution in [0.15, 0.2) is 36.5 Å². The number of aryl methyl sites for hydroxylation is 1. The number of nitrogens with zero attached hydrogens (tertiary/aromatic N) is 1. The predicted octanol–water partition coefficient (Wildman–Crippen LogP) is 3.43. The first-order valence-electron chi connectivity index (χ1n) is 5.26. The molecule has 0 aliphatic rings. The van der Waals surface area contributed by atoms with Crippen LogP contribution in [0.2, 0.25) is 5.15 Å². The molecule has 0 aliphatic heterocycles. The summed E-state index contributed by atoms with van der Waals surface area (Å²) in [7, 11) is 0. The molecule has 0 fully saturated rings. The maximum Gasteiger partial charge on any atom is 0.258 e. The van der Waals surface area contributed by atoms with E-state index in [4.69, 9.17) is 11.6 Å². The standard InChI is InChI=1S/C13H10ClFN2O/c1-8-4-2-6-10(15)11(8)17-13(18)9-5-3-7-16-12(9)14/h2-7H,1H3,(H,17,18). The number of carbonyl (C=O) groups is 1. The van der Waals surface area contributed by atoms with Crippen molar-refractivity contribution in [1.29, 1.82) is 0 Å². The fourth-order valence-electron chi connectivity index (χ4n) is 1.53. The summed E-state index contributed by atoms with van der Waals surface area (Å²) in [5.41, 5.74) is 1.01. The molecular formula is C13H10ClFN2O. The molecule has 0 aliphatic carbocycles. The molecule has 1 N–H and O–H groups in total. The average Bonchev–Trinajstić information content (AvgIpc) is 2.34. The predicted molar refractivity (Wildman–Crippen MR) is 68.3 cm³/mol. The van der Waals surface area contributed by atoms with Crippen LogP contribution in [0.4, 0.5) is 10.1 Å². The van der Waals surface area contributed by atoms with Gasteiger partial charge in [0.25, 0.3) is 5.91 Å². The fraction of sp³-hybridized carbons (Fsp3) is 0.0769. The summed E-state index contributed by atoms with van der Waals surface area (Å²) in [5.74, 6) is -0.968. The lowest BCUT2D eigenvalue weighted by molar-refractivity contribution is 0.102. The largest absolute Gasteiger partial charge is 0.319 e. The first-order valence-corrected chi connectivity index (χ1v) is 5.64. The number of carbonyl (C=O) groups excluding carboxylic acids is 1. The molecule has 0 unspecified atom stereocenters. The highest BCUT2D eigenvalue weighted by molar-refractivity contribution is 6.33. The molecule has 0 atom stereocenters. The zero-order chi connectivity index (χ0) is 13.1. The molecule has 1 amide bonds. The van der Waals surface area contributed by atoms with E-state index >= 15 is 0 Å². The van der Waals surface area contributed by atoms with Gasteiger partial charge < -0.3 is 5.32 Å². The fourth-order valence-corrected chi connectivity index (χ4v) is 1.73. The van der Waals surface area contributed by atoms with Crippen molar-refractivity contribution in [2.24, 2.45) is 0 Å². The Morgan fingerprint density at radius 2 is 2.11 bits per heavy atom. The molecule has 2 rings (SSSR count). The topological polar surface area (TPSA) is 42.0 Å². The zero-order valence-corrected chi connectivity index (χ0v) is 10.3. The lowest BCUT2D eigenvalue weighted by Crippen LogP contribution is -2.14. The summed E-state index contributed by atoms with van der Waals surface area (Å²) in [5, 5.41) is 2.58. The van der Waals surface area contributed by atoms with E-state index < -0.39 is 11.7 Å². The SMILES string of the molecule is Cc1cccc(F)c1NC(=O)c1cccnc1Cl. The van der Waals surface area contributed by atoms with Gasteiger partial charge in [0.2, 0.25) is 0 Å². The third kappa shape index (κ3) is 2.49. The minimum absolute atomic E-state index is 0.0870. The monoisotopic (exact) mass is 264 g/mol. The molecule has 2 aromatic rings. The molecule has 0 saturated heterocycles. The van der Waals surface area contributed by atoms with Crippen molar-refractivity contribution in [3.63, 3.8) is 0 Å². The zero-order valence-electron chi connectivity index (χ0n) is 9.58. The van der Waals surface area contributed by atoms with E-state index in [9.17, 15) is 9.18 Å². The van der Waals surface area contributed by atoms with Gasteiger partial charge in [-0.3, -0.25) is 4.79 Å². The van der Waals surface area contributed by atoms with Crippen LogP contribution < -0.4 is 5.32 Å². The second-order valence-electron chi connectivity index (χ2n) is 3.73. The number of hydrogen-bond acceptors (Lipinski definition) is 2. The Kier molecular flexibility index (Phi) is 3.58. The average molecular weight is 265 g/mol. The van der Waals surface area contributed by atoms with Crippen LogP contribution in [0.5, 0.6) is 0 Å². The van der Waals surface area contributed by atoms with Crippen molar-refractivity contribution in [1.82, 2.24) is 4.98 Å². The van der Waals surface area contributed by atoms with Gasteiger partial charge in [-0.25, -0.2) is 9.37 Å². The maximum atomic E-state index is 13.6. The second-order valence-corrected chi connectivity index (χ2v) is 4.09. The number of pyridine rings is 1. The molecular weight excluding hydrogens is 255 g/mol. The van der Waals surface area contributed by atoms with Gasteiger partial charge in [-0.05, 0) is 30.7 Å². The van der Waals surface area contributed by atoms with E-state index in [0.717, 1.165) is 0 Å². The minimum Gasteiger partial charge on any atom is -0.319 e. The molecule has 18 heavy (non-hydrogen) atoms. The van der Waals surface area contributed by atoms with Gasteiger partial charge in [-0.1, -0.05) is 23.7 Å². The van der Waals surface area contributed by atoms with Crippen molar-refractivity contribution >= 4 is 23.2 Å². The number of amides is 1. The number of para-hydroxylation sites is 1. The van der Waals surface area contributed by atoms with Crippen LogP contribution in [0, 0.1) is 12.7 Å². The molecule has 0 saturated carbocycles. The Hall–Kier alpha value is -1.94. The number of halogens is 2. The minimum atomic E-state index is -0.485. The smallest absolute Gasteiger partial charge is 0.258 e. The van der Waals surface area contributed by atoms with Crippen LogP contribution in [0.25, 0.3) is 0 Å². The first-order chi connectivity index (χ1) is 8.59. The van der Waals surface area contributed by atoms with Gasteiger partial charge in [0.05, 0.1) is 11.3 Å². The summed E-state index contributed by atoms with van der Waals surface area (Å²) in [6.07, 6.45) is 1.48. The summed E-state index contributed by atoms with van der Waals surface area (Å²) in [6, 6.07) is 7.70. The van der Waals surface area contributed by atoms with Gasteiger partial charge in [-0.15, -0.1) is 0 Å². The van der Waals surface area contributed by atoms with Crippen molar-refractivity contribution in [2.75, 3.05) is 5.32 Å². The summed E-state index contributed by atoms with van der Waals surface area (Å²) in [6.45, 7) is 1.71. The van der Waals surface area contributed by atoms with E-state index in [1.165, 1.54) is 18.3 Å². The molecule has 1 heterocycles. The summed E-state index contributed by atoms with van der Waals surface area (Å²) >= 11 is 5.80. The van der Waals surface area contributed by atoms with Crippen LogP contribution in [0.1, 0.15) is 15.9 Å². The third-order valence-corrected chi connectivity index (χ3v) is 2.77. The van der Waals surface area contributed by atoms with Gasteiger partial charge >= 0.3 is 0 Å². The second kappa shape index (κ2) is 5.14. The summed E-state index contributed by atoms with van der Waals surface area (Å²) < 4.78 is 13.6. The van der Waals surface area contributed by atoms with Crippen molar-refractivity contribution < 1.29 is 9.18 Å². The third-order valence-electron chi connectivity index (χ3n) is 2.46.